The molecule has 0 saturated carbocycles. The van der Waals surface area contributed by atoms with Crippen LogP contribution in [-0.4, -0.2) is 17.9 Å². The number of hydrogen-bond donors (Lipinski definition) is 0. The average molecular weight is 307 g/mol. The van der Waals surface area contributed by atoms with Gasteiger partial charge in [-0.05, 0) is 48.6 Å². The van der Waals surface area contributed by atoms with Crippen molar-refractivity contribution in [3.63, 3.8) is 0 Å². The Morgan fingerprint density at radius 3 is 2.61 bits per heavy atom. The predicted octanol–water partition coefficient (Wildman–Crippen LogP) is 4.28. The summed E-state index contributed by atoms with van der Waals surface area (Å²) in [7, 11) is 1.54. The molecule has 23 heavy (non-hydrogen) atoms. The molecule has 0 bridgehead atoms. The summed E-state index contributed by atoms with van der Waals surface area (Å²) >= 11 is 0. The van der Waals surface area contributed by atoms with Crippen molar-refractivity contribution in [2.45, 2.75) is 0 Å². The van der Waals surface area contributed by atoms with Gasteiger partial charge in [-0.25, -0.2) is 9.37 Å². The number of para-hydroxylation sites is 1. The van der Waals surface area contributed by atoms with Crippen LogP contribution in [0.1, 0.15) is 15.9 Å². The van der Waals surface area contributed by atoms with Crippen LogP contribution >= 0.6 is 0 Å². The maximum absolute atomic E-state index is 12.9. The first-order valence-electron chi connectivity index (χ1n) is 7.09. The number of fused-ring (bicyclic) bond motifs is 1. The zero-order valence-corrected chi connectivity index (χ0v) is 12.5. The molecule has 1 heterocycles. The number of methoxy groups -OCH3 is 1. The number of ether oxygens (including phenoxy) is 1. The van der Waals surface area contributed by atoms with E-state index in [2.05, 4.69) is 4.98 Å². The molecule has 0 aliphatic rings. The molecule has 0 aliphatic carbocycles. The first-order valence-corrected chi connectivity index (χ1v) is 7.09. The molecule has 0 spiro atoms. The number of benzene rings is 2. The highest BCUT2D eigenvalue weighted by Gasteiger charge is 2.06. The topological polar surface area (TPSA) is 39.2 Å². The van der Waals surface area contributed by atoms with E-state index in [1.165, 1.54) is 37.5 Å². The van der Waals surface area contributed by atoms with E-state index in [-0.39, 0.29) is 11.6 Å². The number of aromatic nitrogens is 1. The third kappa shape index (κ3) is 3.26. The van der Waals surface area contributed by atoms with Crippen molar-refractivity contribution in [3.05, 3.63) is 77.6 Å². The lowest BCUT2D eigenvalue weighted by atomic mass is 10.1. The van der Waals surface area contributed by atoms with E-state index in [0.717, 1.165) is 10.9 Å². The van der Waals surface area contributed by atoms with Crippen molar-refractivity contribution in [1.82, 2.24) is 4.98 Å². The van der Waals surface area contributed by atoms with Crippen LogP contribution in [0.3, 0.4) is 0 Å². The third-order valence-electron chi connectivity index (χ3n) is 3.45. The highest BCUT2D eigenvalue weighted by Crippen LogP contribution is 2.23. The molecule has 3 rings (SSSR count). The van der Waals surface area contributed by atoms with Crippen LogP contribution in [0.25, 0.3) is 17.0 Å². The zero-order valence-electron chi connectivity index (χ0n) is 12.5. The Kier molecular flexibility index (Phi) is 4.15. The van der Waals surface area contributed by atoms with Crippen LogP contribution in [0.15, 0.2) is 60.7 Å². The molecule has 4 heteroatoms. The Morgan fingerprint density at radius 2 is 1.87 bits per heavy atom. The normalized spacial score (nSPS) is 11.0. The minimum Gasteiger partial charge on any atom is -0.481 e. The Bertz CT molecular complexity index is 886. The summed E-state index contributed by atoms with van der Waals surface area (Å²) in [5.41, 5.74) is 1.96. The number of hydrogen-bond acceptors (Lipinski definition) is 3. The fraction of sp³-hybridized carbons (Fsp3) is 0.0526. The summed E-state index contributed by atoms with van der Waals surface area (Å²) in [6.07, 6.45) is 3.09. The van der Waals surface area contributed by atoms with Crippen molar-refractivity contribution in [2.24, 2.45) is 0 Å². The SMILES string of the molecule is COc1nc2ccccc2cc1C=CC(=O)c1ccc(F)cc1. The highest BCUT2D eigenvalue weighted by atomic mass is 19.1. The second-order valence-electron chi connectivity index (χ2n) is 4.98. The van der Waals surface area contributed by atoms with Gasteiger partial charge in [-0.15, -0.1) is 0 Å². The first kappa shape index (κ1) is 14.9. The van der Waals surface area contributed by atoms with Crippen LogP contribution < -0.4 is 4.74 Å². The Morgan fingerprint density at radius 1 is 1.13 bits per heavy atom. The number of carbonyl (C=O) groups is 1. The van der Waals surface area contributed by atoms with E-state index in [4.69, 9.17) is 4.74 Å². The molecule has 0 N–H and O–H groups in total. The molecule has 0 amide bonds. The molecule has 0 aliphatic heterocycles. The highest BCUT2D eigenvalue weighted by molar-refractivity contribution is 6.07. The Hall–Kier alpha value is -3.01. The number of carbonyl (C=O) groups excluding carboxylic acids is 1. The van der Waals surface area contributed by atoms with Gasteiger partial charge in [-0.1, -0.05) is 18.2 Å². The molecular weight excluding hydrogens is 293 g/mol. The Balaban J connectivity index is 1.93. The van der Waals surface area contributed by atoms with Gasteiger partial charge >= 0.3 is 0 Å². The first-order chi connectivity index (χ1) is 11.2. The van der Waals surface area contributed by atoms with Gasteiger partial charge in [0, 0.05) is 16.5 Å². The molecule has 114 valence electrons. The summed E-state index contributed by atoms with van der Waals surface area (Å²) in [4.78, 5) is 16.5. The molecule has 0 saturated heterocycles. The van der Waals surface area contributed by atoms with Crippen LogP contribution in [0, 0.1) is 5.82 Å². The molecular formula is C19H14FNO2. The van der Waals surface area contributed by atoms with Gasteiger partial charge in [-0.2, -0.15) is 0 Å². The number of allylic oxidation sites excluding steroid dienone is 1. The summed E-state index contributed by atoms with van der Waals surface area (Å²) < 4.78 is 18.2. The summed E-state index contributed by atoms with van der Waals surface area (Å²) in [5, 5.41) is 0.960. The number of ketones is 1. The number of nitrogens with zero attached hydrogens (tertiary/aromatic N) is 1. The Labute approximate surface area is 133 Å². The monoisotopic (exact) mass is 307 g/mol. The van der Waals surface area contributed by atoms with Crippen LogP contribution in [-0.2, 0) is 0 Å². The molecule has 3 aromatic rings. The molecule has 2 aromatic carbocycles. The molecule has 0 radical (unpaired) electrons. The molecule has 0 fully saturated rings. The standard InChI is InChI=1S/C19H14FNO2/c1-23-19-15(12-14-4-2-3-5-17(14)21-19)8-11-18(22)13-6-9-16(20)10-7-13/h2-12H,1H3. The van der Waals surface area contributed by atoms with Gasteiger partial charge in [0.2, 0.25) is 5.88 Å². The summed E-state index contributed by atoms with van der Waals surface area (Å²) in [6.45, 7) is 0. The van der Waals surface area contributed by atoms with Gasteiger partial charge in [0.05, 0.1) is 12.6 Å². The minimum absolute atomic E-state index is 0.208. The second-order valence-corrected chi connectivity index (χ2v) is 4.98. The lowest BCUT2D eigenvalue weighted by Crippen LogP contribution is -1.95. The summed E-state index contributed by atoms with van der Waals surface area (Å²) in [5.74, 6) is -0.127. The van der Waals surface area contributed by atoms with Gasteiger partial charge < -0.3 is 4.74 Å². The maximum atomic E-state index is 12.9. The van der Waals surface area contributed by atoms with E-state index in [9.17, 15) is 9.18 Å². The van der Waals surface area contributed by atoms with Gasteiger partial charge in [0.25, 0.3) is 0 Å². The fourth-order valence-corrected chi connectivity index (χ4v) is 2.27. The van der Waals surface area contributed by atoms with E-state index < -0.39 is 0 Å². The lowest BCUT2D eigenvalue weighted by molar-refractivity contribution is 0.104. The molecule has 3 nitrogen and oxygen atoms in total. The quantitative estimate of drug-likeness (QED) is 0.533. The second kappa shape index (κ2) is 6.40. The maximum Gasteiger partial charge on any atom is 0.221 e. The van der Waals surface area contributed by atoms with E-state index >= 15 is 0 Å². The van der Waals surface area contributed by atoms with E-state index in [1.807, 2.05) is 30.3 Å². The van der Waals surface area contributed by atoms with Crippen molar-refractivity contribution in [3.8, 4) is 5.88 Å². The fourth-order valence-electron chi connectivity index (χ4n) is 2.27. The van der Waals surface area contributed by atoms with Crippen LogP contribution in [0.2, 0.25) is 0 Å². The van der Waals surface area contributed by atoms with Crippen molar-refractivity contribution >= 4 is 22.8 Å². The van der Waals surface area contributed by atoms with Crippen molar-refractivity contribution in [1.29, 1.82) is 0 Å². The lowest BCUT2D eigenvalue weighted by Gasteiger charge is -2.06. The van der Waals surface area contributed by atoms with Gasteiger partial charge in [0.15, 0.2) is 5.78 Å². The largest absolute Gasteiger partial charge is 0.481 e. The number of pyridine rings is 1. The van der Waals surface area contributed by atoms with Gasteiger partial charge in [0.1, 0.15) is 5.82 Å². The van der Waals surface area contributed by atoms with Crippen LogP contribution in [0.5, 0.6) is 5.88 Å². The molecule has 0 atom stereocenters. The van der Waals surface area contributed by atoms with E-state index in [1.54, 1.807) is 6.08 Å². The molecule has 1 aromatic heterocycles. The summed E-state index contributed by atoms with van der Waals surface area (Å²) in [6, 6.07) is 15.0. The van der Waals surface area contributed by atoms with Crippen molar-refractivity contribution in [2.75, 3.05) is 7.11 Å². The smallest absolute Gasteiger partial charge is 0.221 e. The van der Waals surface area contributed by atoms with Gasteiger partial charge in [-0.3, -0.25) is 4.79 Å². The van der Waals surface area contributed by atoms with E-state index in [0.29, 0.717) is 17.0 Å². The minimum atomic E-state index is -0.370. The van der Waals surface area contributed by atoms with Crippen molar-refractivity contribution < 1.29 is 13.9 Å². The number of halogens is 1. The zero-order chi connectivity index (χ0) is 16.2. The molecule has 0 unspecified atom stereocenters. The third-order valence-corrected chi connectivity index (χ3v) is 3.45. The van der Waals surface area contributed by atoms with Crippen LogP contribution in [0.4, 0.5) is 4.39 Å². The average Bonchev–Trinajstić information content (AvgIpc) is 2.59. The number of rotatable bonds is 4. The predicted molar refractivity (Wildman–Crippen MR) is 88.1 cm³/mol.